The molecule has 7 heteroatoms. The van der Waals surface area contributed by atoms with Crippen molar-refractivity contribution in [2.45, 2.75) is 20.4 Å². The van der Waals surface area contributed by atoms with Crippen LogP contribution in [-0.4, -0.2) is 27.2 Å². The van der Waals surface area contributed by atoms with Crippen LogP contribution in [0.4, 0.5) is 5.13 Å². The molecule has 1 amide bonds. The standard InChI is InChI=1S/C23H21ClN4OS/c1-16-14-17(2)22-20(15-16)30-23(26-22)28(13-12-27-11-5-10-25-27)21(29)9-8-18-6-3-4-7-19(18)24/h3-11,14-15H,12-13H2,1-2H3/b9-8+. The number of carbonyl (C=O) groups is 1. The highest BCUT2D eigenvalue weighted by Gasteiger charge is 2.19. The molecule has 2 heterocycles. The molecule has 0 unspecified atom stereocenters. The van der Waals surface area contributed by atoms with Gasteiger partial charge in [-0.1, -0.05) is 47.2 Å². The number of rotatable bonds is 6. The van der Waals surface area contributed by atoms with Crippen molar-refractivity contribution in [3.63, 3.8) is 0 Å². The summed E-state index contributed by atoms with van der Waals surface area (Å²) in [5, 5.41) is 5.53. The zero-order chi connectivity index (χ0) is 21.1. The van der Waals surface area contributed by atoms with E-state index < -0.39 is 0 Å². The Morgan fingerprint density at radius 2 is 2.07 bits per heavy atom. The summed E-state index contributed by atoms with van der Waals surface area (Å²) in [6.45, 7) is 5.16. The zero-order valence-corrected chi connectivity index (χ0v) is 18.3. The lowest BCUT2D eigenvalue weighted by molar-refractivity contribution is -0.114. The molecule has 0 fully saturated rings. The van der Waals surface area contributed by atoms with Gasteiger partial charge in [0.2, 0.25) is 0 Å². The summed E-state index contributed by atoms with van der Waals surface area (Å²) < 4.78 is 2.88. The SMILES string of the molecule is Cc1cc(C)c2nc(N(CCn3cccn3)C(=O)/C=C/c3ccccc3Cl)sc2c1. The summed E-state index contributed by atoms with van der Waals surface area (Å²) in [5.41, 5.74) is 4.03. The second-order valence-corrected chi connectivity index (χ2v) is 8.46. The normalized spacial score (nSPS) is 11.4. The Morgan fingerprint density at radius 3 is 2.83 bits per heavy atom. The van der Waals surface area contributed by atoms with Crippen molar-refractivity contribution in [3.05, 3.63) is 82.6 Å². The fourth-order valence-corrected chi connectivity index (χ4v) is 4.64. The van der Waals surface area contributed by atoms with E-state index in [1.165, 1.54) is 16.9 Å². The Bertz CT molecular complexity index is 1210. The van der Waals surface area contributed by atoms with E-state index in [1.807, 2.05) is 37.4 Å². The van der Waals surface area contributed by atoms with Crippen LogP contribution in [0.25, 0.3) is 16.3 Å². The van der Waals surface area contributed by atoms with Crippen LogP contribution in [-0.2, 0) is 11.3 Å². The highest BCUT2D eigenvalue weighted by Crippen LogP contribution is 2.32. The molecule has 0 aliphatic carbocycles. The summed E-state index contributed by atoms with van der Waals surface area (Å²) in [6, 6.07) is 13.5. The molecule has 0 radical (unpaired) electrons. The summed E-state index contributed by atoms with van der Waals surface area (Å²) in [5.74, 6) is -0.143. The van der Waals surface area contributed by atoms with Gasteiger partial charge < -0.3 is 0 Å². The number of aromatic nitrogens is 3. The number of benzene rings is 2. The van der Waals surface area contributed by atoms with Gasteiger partial charge in [0.05, 0.1) is 16.8 Å². The summed E-state index contributed by atoms with van der Waals surface area (Å²) in [6.07, 6.45) is 6.91. The lowest BCUT2D eigenvalue weighted by Crippen LogP contribution is -2.32. The van der Waals surface area contributed by atoms with Gasteiger partial charge >= 0.3 is 0 Å². The van der Waals surface area contributed by atoms with Crippen molar-refractivity contribution in [2.24, 2.45) is 0 Å². The van der Waals surface area contributed by atoms with Gasteiger partial charge in [-0.2, -0.15) is 5.10 Å². The van der Waals surface area contributed by atoms with E-state index in [-0.39, 0.29) is 5.91 Å². The average Bonchev–Trinajstić information content (AvgIpc) is 3.37. The van der Waals surface area contributed by atoms with Gasteiger partial charge in [-0.15, -0.1) is 0 Å². The lowest BCUT2D eigenvalue weighted by atomic mass is 10.1. The third kappa shape index (κ3) is 4.45. The number of aryl methyl sites for hydroxylation is 2. The second-order valence-electron chi connectivity index (χ2n) is 7.04. The molecule has 0 N–H and O–H groups in total. The van der Waals surface area contributed by atoms with Gasteiger partial charge in [-0.25, -0.2) is 4.98 Å². The monoisotopic (exact) mass is 436 g/mol. The number of carbonyl (C=O) groups excluding carboxylic acids is 1. The first kappa shape index (κ1) is 20.3. The average molecular weight is 437 g/mol. The molecule has 4 aromatic rings. The highest BCUT2D eigenvalue weighted by molar-refractivity contribution is 7.22. The number of nitrogens with zero attached hydrogens (tertiary/aromatic N) is 4. The molecular weight excluding hydrogens is 416 g/mol. The summed E-state index contributed by atoms with van der Waals surface area (Å²) >= 11 is 7.75. The topological polar surface area (TPSA) is 51.0 Å². The number of halogens is 1. The van der Waals surface area contributed by atoms with Crippen LogP contribution in [0.5, 0.6) is 0 Å². The number of amides is 1. The van der Waals surface area contributed by atoms with E-state index >= 15 is 0 Å². The van der Waals surface area contributed by atoms with Gasteiger partial charge in [-0.3, -0.25) is 14.4 Å². The first-order valence-corrected chi connectivity index (χ1v) is 10.8. The maximum Gasteiger partial charge on any atom is 0.252 e. The predicted molar refractivity (Wildman–Crippen MR) is 124 cm³/mol. The van der Waals surface area contributed by atoms with Gasteiger partial charge in [0, 0.05) is 30.0 Å². The molecular formula is C23H21ClN4OS. The number of hydrogen-bond donors (Lipinski definition) is 0. The summed E-state index contributed by atoms with van der Waals surface area (Å²) in [4.78, 5) is 19.6. The lowest BCUT2D eigenvalue weighted by Gasteiger charge is -2.18. The molecule has 0 aliphatic heterocycles. The smallest absolute Gasteiger partial charge is 0.252 e. The Balaban J connectivity index is 1.66. The van der Waals surface area contributed by atoms with Crippen LogP contribution in [0.2, 0.25) is 5.02 Å². The van der Waals surface area contributed by atoms with Crippen LogP contribution >= 0.6 is 22.9 Å². The molecule has 0 spiro atoms. The Hall–Kier alpha value is -2.96. The third-order valence-corrected chi connectivity index (χ3v) is 6.11. The predicted octanol–water partition coefficient (Wildman–Crippen LogP) is 5.51. The van der Waals surface area contributed by atoms with Crippen LogP contribution in [0, 0.1) is 13.8 Å². The minimum absolute atomic E-state index is 0.143. The Labute approximate surface area is 184 Å². The van der Waals surface area contributed by atoms with Crippen molar-refractivity contribution >= 4 is 50.3 Å². The quantitative estimate of drug-likeness (QED) is 0.374. The first-order chi connectivity index (χ1) is 14.5. The summed E-state index contributed by atoms with van der Waals surface area (Å²) in [7, 11) is 0. The van der Waals surface area contributed by atoms with Crippen LogP contribution in [0.1, 0.15) is 16.7 Å². The van der Waals surface area contributed by atoms with Gasteiger partial charge in [-0.05, 0) is 54.8 Å². The van der Waals surface area contributed by atoms with Crippen molar-refractivity contribution in [1.82, 2.24) is 14.8 Å². The first-order valence-electron chi connectivity index (χ1n) is 9.60. The molecule has 2 aromatic heterocycles. The number of fused-ring (bicyclic) bond motifs is 1. The van der Waals surface area contributed by atoms with E-state index in [4.69, 9.17) is 16.6 Å². The van der Waals surface area contributed by atoms with Crippen LogP contribution in [0.15, 0.2) is 60.9 Å². The van der Waals surface area contributed by atoms with Crippen molar-refractivity contribution in [1.29, 1.82) is 0 Å². The van der Waals surface area contributed by atoms with E-state index in [9.17, 15) is 4.79 Å². The van der Waals surface area contributed by atoms with Gasteiger partial charge in [0.25, 0.3) is 5.91 Å². The van der Waals surface area contributed by atoms with E-state index in [0.29, 0.717) is 23.2 Å². The number of hydrogen-bond acceptors (Lipinski definition) is 4. The molecule has 5 nitrogen and oxygen atoms in total. The van der Waals surface area contributed by atoms with Crippen molar-refractivity contribution in [2.75, 3.05) is 11.4 Å². The highest BCUT2D eigenvalue weighted by atomic mass is 35.5. The van der Waals surface area contributed by atoms with Crippen molar-refractivity contribution in [3.8, 4) is 0 Å². The van der Waals surface area contributed by atoms with Crippen LogP contribution < -0.4 is 4.90 Å². The molecule has 0 bridgehead atoms. The zero-order valence-electron chi connectivity index (χ0n) is 16.7. The minimum atomic E-state index is -0.143. The molecule has 152 valence electrons. The fraction of sp³-hybridized carbons (Fsp3) is 0.174. The van der Waals surface area contributed by atoms with Gasteiger partial charge in [0.15, 0.2) is 5.13 Å². The molecule has 4 rings (SSSR count). The molecule has 0 aliphatic rings. The largest absolute Gasteiger partial charge is 0.283 e. The molecule has 30 heavy (non-hydrogen) atoms. The number of anilines is 1. The third-order valence-electron chi connectivity index (χ3n) is 4.74. The van der Waals surface area contributed by atoms with Gasteiger partial charge in [0.1, 0.15) is 0 Å². The minimum Gasteiger partial charge on any atom is -0.283 e. The maximum atomic E-state index is 13.1. The Kier molecular flexibility index (Phi) is 5.97. The molecule has 0 saturated heterocycles. The van der Waals surface area contributed by atoms with Crippen molar-refractivity contribution < 1.29 is 4.79 Å². The second kappa shape index (κ2) is 8.81. The molecule has 0 saturated carbocycles. The molecule has 0 atom stereocenters. The Morgan fingerprint density at radius 1 is 1.23 bits per heavy atom. The maximum absolute atomic E-state index is 13.1. The van der Waals surface area contributed by atoms with E-state index in [0.717, 1.165) is 21.3 Å². The fourth-order valence-electron chi connectivity index (χ4n) is 3.27. The molecule has 2 aromatic carbocycles. The number of thiazole rings is 1. The van der Waals surface area contributed by atoms with Crippen LogP contribution in [0.3, 0.4) is 0 Å². The van der Waals surface area contributed by atoms with E-state index in [2.05, 4.69) is 24.2 Å². The van der Waals surface area contributed by atoms with E-state index in [1.54, 1.807) is 34.0 Å².